The van der Waals surface area contributed by atoms with Crippen LogP contribution in [-0.2, 0) is 11.4 Å². The summed E-state index contributed by atoms with van der Waals surface area (Å²) in [6.07, 6.45) is 1.58. The minimum absolute atomic E-state index is 0.140. The molecule has 1 N–H and O–H groups in total. The van der Waals surface area contributed by atoms with Crippen LogP contribution in [0.4, 0.5) is 10.5 Å². The lowest BCUT2D eigenvalue weighted by Crippen LogP contribution is -2.30. The van der Waals surface area contributed by atoms with Gasteiger partial charge in [-0.1, -0.05) is 29.8 Å². The molecular formula is C24H17BrClIN2O4. The first-order chi connectivity index (χ1) is 15.9. The van der Waals surface area contributed by atoms with Crippen molar-refractivity contribution in [1.29, 1.82) is 0 Å². The van der Waals surface area contributed by atoms with E-state index in [1.165, 1.54) is 0 Å². The Balaban J connectivity index is 1.58. The lowest BCUT2D eigenvalue weighted by atomic mass is 10.1. The number of halogens is 3. The monoisotopic (exact) mass is 638 g/mol. The van der Waals surface area contributed by atoms with E-state index in [1.807, 2.05) is 24.3 Å². The first-order valence-electron chi connectivity index (χ1n) is 9.73. The Bertz CT molecular complexity index is 1260. The minimum Gasteiger partial charge on any atom is -0.493 e. The van der Waals surface area contributed by atoms with Crippen LogP contribution in [-0.4, -0.2) is 19.0 Å². The molecule has 6 nitrogen and oxygen atoms in total. The third-order valence-electron chi connectivity index (χ3n) is 4.80. The van der Waals surface area contributed by atoms with Crippen LogP contribution >= 0.6 is 50.1 Å². The van der Waals surface area contributed by atoms with Crippen molar-refractivity contribution in [2.45, 2.75) is 6.61 Å². The highest BCUT2D eigenvalue weighted by Crippen LogP contribution is 2.38. The highest BCUT2D eigenvalue weighted by Gasteiger charge is 2.35. The van der Waals surface area contributed by atoms with Gasteiger partial charge in [-0.2, -0.15) is 0 Å². The van der Waals surface area contributed by atoms with Crippen LogP contribution in [0.2, 0.25) is 5.02 Å². The number of methoxy groups -OCH3 is 1. The first-order valence-corrected chi connectivity index (χ1v) is 12.0. The fourth-order valence-electron chi connectivity index (χ4n) is 3.25. The van der Waals surface area contributed by atoms with Gasteiger partial charge in [0.2, 0.25) is 0 Å². The Labute approximate surface area is 217 Å². The molecule has 0 bridgehead atoms. The van der Waals surface area contributed by atoms with Crippen molar-refractivity contribution in [2.75, 3.05) is 12.0 Å². The molecule has 3 aromatic rings. The fraction of sp³-hybridized carbons (Fsp3) is 0.0833. The number of nitrogens with one attached hydrogen (secondary N) is 1. The Hall–Kier alpha value is -2.56. The largest absolute Gasteiger partial charge is 0.493 e. The van der Waals surface area contributed by atoms with Crippen LogP contribution in [0.1, 0.15) is 11.1 Å². The van der Waals surface area contributed by atoms with Crippen molar-refractivity contribution in [3.8, 4) is 11.5 Å². The summed E-state index contributed by atoms with van der Waals surface area (Å²) in [5.74, 6) is 0.558. The number of nitrogens with zero attached hydrogens (tertiary/aromatic N) is 1. The van der Waals surface area contributed by atoms with Crippen molar-refractivity contribution in [1.82, 2.24) is 5.32 Å². The van der Waals surface area contributed by atoms with Gasteiger partial charge in [0.05, 0.1) is 17.3 Å². The lowest BCUT2D eigenvalue weighted by Gasteiger charge is -2.14. The summed E-state index contributed by atoms with van der Waals surface area (Å²) >= 11 is 11.8. The fourth-order valence-corrected chi connectivity index (χ4v) is 4.37. The van der Waals surface area contributed by atoms with Crippen LogP contribution in [0.25, 0.3) is 6.08 Å². The number of urea groups is 1. The summed E-state index contributed by atoms with van der Waals surface area (Å²) in [5.41, 5.74) is 2.21. The molecule has 4 rings (SSSR count). The van der Waals surface area contributed by atoms with Gasteiger partial charge in [0, 0.05) is 8.59 Å². The predicted molar refractivity (Wildman–Crippen MR) is 140 cm³/mol. The number of hydrogen-bond donors (Lipinski definition) is 1. The topological polar surface area (TPSA) is 67.9 Å². The Morgan fingerprint density at radius 1 is 1.12 bits per heavy atom. The van der Waals surface area contributed by atoms with Gasteiger partial charge in [-0.15, -0.1) is 0 Å². The van der Waals surface area contributed by atoms with Crippen molar-refractivity contribution in [3.63, 3.8) is 0 Å². The molecule has 0 unspecified atom stereocenters. The predicted octanol–water partition coefficient (Wildman–Crippen LogP) is 6.39. The molecule has 9 heteroatoms. The molecule has 0 atom stereocenters. The first kappa shape index (κ1) is 23.6. The van der Waals surface area contributed by atoms with E-state index in [0.29, 0.717) is 38.9 Å². The molecule has 168 valence electrons. The van der Waals surface area contributed by atoms with E-state index in [0.717, 1.165) is 14.0 Å². The average Bonchev–Trinajstić information content (AvgIpc) is 3.06. The Kier molecular flexibility index (Phi) is 7.26. The number of anilines is 1. The number of benzene rings is 3. The summed E-state index contributed by atoms with van der Waals surface area (Å²) in [5, 5.41) is 3.04. The van der Waals surface area contributed by atoms with Crippen molar-refractivity contribution in [3.05, 3.63) is 90.6 Å². The number of carbonyl (C=O) groups excluding carboxylic acids is 2. The highest BCUT2D eigenvalue weighted by molar-refractivity contribution is 14.1. The maximum atomic E-state index is 12.9. The Morgan fingerprint density at radius 3 is 2.58 bits per heavy atom. The second-order valence-corrected chi connectivity index (χ2v) is 9.59. The molecule has 3 aromatic carbocycles. The summed E-state index contributed by atoms with van der Waals surface area (Å²) in [6, 6.07) is 17.6. The summed E-state index contributed by atoms with van der Waals surface area (Å²) in [4.78, 5) is 26.4. The van der Waals surface area contributed by atoms with E-state index >= 15 is 0 Å². The van der Waals surface area contributed by atoms with E-state index in [-0.39, 0.29) is 5.70 Å². The van der Waals surface area contributed by atoms with Crippen molar-refractivity contribution >= 4 is 73.8 Å². The molecule has 3 amide bonds. The SMILES string of the molecule is COc1cc(/C=C2/NC(=O)N(c3cccc(Cl)c3)C2=O)cc(Br)c1OCc1ccc(I)cc1. The lowest BCUT2D eigenvalue weighted by molar-refractivity contribution is -0.113. The van der Waals surface area contributed by atoms with E-state index in [1.54, 1.807) is 49.6 Å². The maximum absolute atomic E-state index is 12.9. The van der Waals surface area contributed by atoms with Gasteiger partial charge in [0.25, 0.3) is 5.91 Å². The van der Waals surface area contributed by atoms with Gasteiger partial charge in [0.1, 0.15) is 12.3 Å². The number of hydrogen-bond acceptors (Lipinski definition) is 4. The molecule has 1 heterocycles. The maximum Gasteiger partial charge on any atom is 0.333 e. The number of rotatable bonds is 6. The second-order valence-electron chi connectivity index (χ2n) is 7.06. The van der Waals surface area contributed by atoms with Crippen LogP contribution in [0.3, 0.4) is 0 Å². The Morgan fingerprint density at radius 2 is 1.88 bits per heavy atom. The minimum atomic E-state index is -0.544. The van der Waals surface area contributed by atoms with Gasteiger partial charge in [-0.05, 0) is 98.2 Å². The standard InChI is InChI=1S/C24H17BrClIN2O4/c1-32-21-11-15(9-19(25)22(21)33-13-14-5-7-17(27)8-6-14)10-20-23(30)29(24(31)28-20)18-4-2-3-16(26)12-18/h2-12H,13H2,1H3,(H,28,31)/b20-10+. The highest BCUT2D eigenvalue weighted by atomic mass is 127. The second kappa shape index (κ2) is 10.1. The average molecular weight is 640 g/mol. The van der Waals surface area contributed by atoms with Crippen LogP contribution in [0, 0.1) is 3.57 Å². The molecule has 0 spiro atoms. The quantitative estimate of drug-likeness (QED) is 0.193. The molecule has 1 aliphatic rings. The van der Waals surface area contributed by atoms with Crippen LogP contribution in [0.5, 0.6) is 11.5 Å². The van der Waals surface area contributed by atoms with Crippen molar-refractivity contribution in [2.24, 2.45) is 0 Å². The number of ether oxygens (including phenoxy) is 2. The van der Waals surface area contributed by atoms with E-state index < -0.39 is 11.9 Å². The van der Waals surface area contributed by atoms with E-state index in [2.05, 4.69) is 43.8 Å². The van der Waals surface area contributed by atoms with Crippen LogP contribution < -0.4 is 19.7 Å². The third kappa shape index (κ3) is 5.34. The molecule has 0 saturated carbocycles. The third-order valence-corrected chi connectivity index (χ3v) is 6.35. The molecule has 1 aliphatic heterocycles. The molecule has 33 heavy (non-hydrogen) atoms. The van der Waals surface area contributed by atoms with Crippen molar-refractivity contribution < 1.29 is 19.1 Å². The summed E-state index contributed by atoms with van der Waals surface area (Å²) in [7, 11) is 1.54. The zero-order valence-corrected chi connectivity index (χ0v) is 21.8. The van der Waals surface area contributed by atoms with Gasteiger partial charge in [0.15, 0.2) is 11.5 Å². The van der Waals surface area contributed by atoms with Gasteiger partial charge in [-0.25, -0.2) is 9.69 Å². The molecule has 1 saturated heterocycles. The molecule has 1 fully saturated rings. The van der Waals surface area contributed by atoms with Gasteiger partial charge < -0.3 is 14.8 Å². The summed E-state index contributed by atoms with van der Waals surface area (Å²) < 4.78 is 13.3. The zero-order valence-electron chi connectivity index (χ0n) is 17.3. The van der Waals surface area contributed by atoms with Crippen LogP contribution in [0.15, 0.2) is 70.8 Å². The van der Waals surface area contributed by atoms with Gasteiger partial charge in [-0.3, -0.25) is 4.79 Å². The number of amides is 3. The number of imide groups is 1. The molecule has 0 radical (unpaired) electrons. The number of carbonyl (C=O) groups is 2. The zero-order chi connectivity index (χ0) is 23.5. The smallest absolute Gasteiger partial charge is 0.333 e. The van der Waals surface area contributed by atoms with Gasteiger partial charge >= 0.3 is 6.03 Å². The molecule has 0 aromatic heterocycles. The van der Waals surface area contributed by atoms with E-state index in [4.69, 9.17) is 21.1 Å². The summed E-state index contributed by atoms with van der Waals surface area (Å²) in [6.45, 7) is 0.370. The van der Waals surface area contributed by atoms with E-state index in [9.17, 15) is 9.59 Å². The molecule has 0 aliphatic carbocycles. The molecular weight excluding hydrogens is 623 g/mol. The normalized spacial score (nSPS) is 14.5.